The molecule has 120 valence electrons. The number of aromatic nitrogens is 2. The fourth-order valence-electron chi connectivity index (χ4n) is 2.65. The zero-order valence-electron chi connectivity index (χ0n) is 13.5. The van der Waals surface area contributed by atoms with Crippen molar-refractivity contribution in [1.82, 2.24) is 9.97 Å². The minimum absolute atomic E-state index is 0.213. The van der Waals surface area contributed by atoms with Crippen LogP contribution in [0.1, 0.15) is 11.1 Å². The molecule has 2 N–H and O–H groups in total. The van der Waals surface area contributed by atoms with Gasteiger partial charge < -0.3 is 4.98 Å². The molecule has 4 nitrogen and oxygen atoms in total. The third-order valence-electron chi connectivity index (χ3n) is 3.87. The first-order valence-corrected chi connectivity index (χ1v) is 7.54. The molecule has 0 atom stereocenters. The van der Waals surface area contributed by atoms with Gasteiger partial charge in [0.15, 0.2) is 0 Å². The van der Waals surface area contributed by atoms with E-state index in [1.165, 1.54) is 6.07 Å². The number of H-pyrrole nitrogens is 1. The number of halogens is 1. The van der Waals surface area contributed by atoms with Crippen LogP contribution in [0.2, 0.25) is 0 Å². The van der Waals surface area contributed by atoms with Crippen molar-refractivity contribution in [3.05, 3.63) is 71.2 Å². The Bertz CT molecular complexity index is 973. The first-order chi connectivity index (χ1) is 11.6. The first-order valence-electron chi connectivity index (χ1n) is 7.54. The minimum Gasteiger partial charge on any atom is -0.347 e. The van der Waals surface area contributed by atoms with Crippen LogP contribution in [0.25, 0.3) is 22.4 Å². The smallest absolute Gasteiger partial charge is 0.132 e. The fraction of sp³-hybridized carbons (Fsp3) is 0.105. The van der Waals surface area contributed by atoms with Gasteiger partial charge in [-0.15, -0.1) is 0 Å². The lowest BCUT2D eigenvalue weighted by Gasteiger charge is -2.12. The van der Waals surface area contributed by atoms with Crippen LogP contribution in [0.4, 0.5) is 4.39 Å². The molecule has 0 radical (unpaired) electrons. The Morgan fingerprint density at radius 3 is 2.75 bits per heavy atom. The number of rotatable bonds is 3. The number of aryl methyl sites for hydroxylation is 2. The molecule has 0 amide bonds. The second-order valence-electron chi connectivity index (χ2n) is 5.54. The van der Waals surface area contributed by atoms with Crippen LogP contribution in [-0.4, -0.2) is 16.3 Å². The highest BCUT2D eigenvalue weighted by Gasteiger charge is 2.13. The van der Waals surface area contributed by atoms with Crippen LogP contribution in [0, 0.1) is 25.1 Å². The largest absolute Gasteiger partial charge is 0.347 e. The van der Waals surface area contributed by atoms with Gasteiger partial charge in [-0.1, -0.05) is 6.07 Å². The molecular weight excluding hydrogens is 303 g/mol. The van der Waals surface area contributed by atoms with Gasteiger partial charge >= 0.3 is 0 Å². The van der Waals surface area contributed by atoms with Gasteiger partial charge in [0.2, 0.25) is 0 Å². The Balaban J connectivity index is 2.23. The van der Waals surface area contributed by atoms with E-state index in [-0.39, 0.29) is 5.82 Å². The summed E-state index contributed by atoms with van der Waals surface area (Å²) in [6.45, 7) is 3.63. The van der Waals surface area contributed by atoms with E-state index in [1.54, 1.807) is 19.3 Å². The Morgan fingerprint density at radius 2 is 1.96 bits per heavy atom. The number of hydrogen-bond donors (Lipinski definition) is 2. The summed E-state index contributed by atoms with van der Waals surface area (Å²) in [5, 5.41) is 7.10. The van der Waals surface area contributed by atoms with Gasteiger partial charge in [-0.3, -0.25) is 10.4 Å². The molecule has 1 aromatic carbocycles. The number of benzene rings is 1. The van der Waals surface area contributed by atoms with E-state index in [2.05, 4.69) is 15.0 Å². The van der Waals surface area contributed by atoms with Crippen LogP contribution >= 0.6 is 0 Å². The van der Waals surface area contributed by atoms with Crippen LogP contribution in [0.15, 0.2) is 53.8 Å². The van der Waals surface area contributed by atoms with Crippen molar-refractivity contribution in [2.75, 3.05) is 0 Å². The number of nitrogens with one attached hydrogen (secondary N) is 2. The van der Waals surface area contributed by atoms with Gasteiger partial charge in [0.05, 0.1) is 5.69 Å². The molecule has 0 saturated carbocycles. The summed E-state index contributed by atoms with van der Waals surface area (Å²) in [5.74, 6) is -0.213. The molecule has 0 aliphatic carbocycles. The van der Waals surface area contributed by atoms with Crippen LogP contribution in [0.5, 0.6) is 0 Å². The highest BCUT2D eigenvalue weighted by Crippen LogP contribution is 2.32. The Labute approximate surface area is 139 Å². The second kappa shape index (κ2) is 6.58. The molecular formula is C19H17FN4. The molecule has 0 saturated heterocycles. The molecule has 2 heterocycles. The van der Waals surface area contributed by atoms with Gasteiger partial charge in [-0.05, 0) is 60.9 Å². The van der Waals surface area contributed by atoms with Crippen LogP contribution in [0.3, 0.4) is 0 Å². The van der Waals surface area contributed by atoms with Crippen LogP contribution < -0.4 is 5.49 Å². The molecule has 3 rings (SSSR count). The summed E-state index contributed by atoms with van der Waals surface area (Å²) >= 11 is 0. The lowest BCUT2D eigenvalue weighted by molar-refractivity contribution is 0.617. The third-order valence-corrected chi connectivity index (χ3v) is 3.87. The standard InChI is InChI=1S/C19H17FN4/c1-12-9-17(20)13(2)8-16(12)19-15(4-3-6-23-19)14-5-7-22-18(10-14)24-11-21/h3-11H,1-2H3,(H2,21,22,24). The average Bonchev–Trinajstić information content (AvgIpc) is 2.59. The van der Waals surface area contributed by atoms with E-state index >= 15 is 0 Å². The number of aromatic amines is 1. The van der Waals surface area contributed by atoms with E-state index in [0.29, 0.717) is 11.1 Å². The van der Waals surface area contributed by atoms with E-state index in [4.69, 9.17) is 5.41 Å². The summed E-state index contributed by atoms with van der Waals surface area (Å²) < 4.78 is 13.8. The molecule has 24 heavy (non-hydrogen) atoms. The van der Waals surface area contributed by atoms with Gasteiger partial charge in [0, 0.05) is 23.5 Å². The zero-order valence-corrected chi connectivity index (χ0v) is 13.5. The monoisotopic (exact) mass is 320 g/mol. The summed E-state index contributed by atoms with van der Waals surface area (Å²) in [4.78, 5) is 11.5. The Morgan fingerprint density at radius 1 is 1.12 bits per heavy atom. The van der Waals surface area contributed by atoms with Crippen LogP contribution in [-0.2, 0) is 0 Å². The minimum atomic E-state index is -0.213. The SMILES string of the molecule is Cc1cc(-c2ncccc2-c2cc[nH]/c(=N\C=N)c2)c(C)cc1F. The Hall–Kier alpha value is -3.08. The van der Waals surface area contributed by atoms with Crippen molar-refractivity contribution in [3.8, 4) is 22.4 Å². The zero-order chi connectivity index (χ0) is 17.1. The molecule has 0 fully saturated rings. The van der Waals surface area contributed by atoms with E-state index in [1.807, 2.05) is 37.3 Å². The van der Waals surface area contributed by atoms with Gasteiger partial charge in [0.1, 0.15) is 17.6 Å². The molecule has 0 bridgehead atoms. The quantitative estimate of drug-likeness (QED) is 0.556. The fourth-order valence-corrected chi connectivity index (χ4v) is 2.65. The molecule has 2 aromatic heterocycles. The van der Waals surface area contributed by atoms with Gasteiger partial charge in [-0.25, -0.2) is 9.38 Å². The van der Waals surface area contributed by atoms with Crippen molar-refractivity contribution >= 4 is 6.34 Å². The number of pyridine rings is 2. The Kier molecular flexibility index (Phi) is 4.33. The average molecular weight is 320 g/mol. The lowest BCUT2D eigenvalue weighted by Crippen LogP contribution is -2.06. The van der Waals surface area contributed by atoms with Crippen molar-refractivity contribution in [2.24, 2.45) is 4.99 Å². The molecule has 5 heteroatoms. The molecule has 3 aromatic rings. The van der Waals surface area contributed by atoms with Crippen molar-refractivity contribution in [2.45, 2.75) is 13.8 Å². The van der Waals surface area contributed by atoms with Crippen molar-refractivity contribution < 1.29 is 4.39 Å². The topological polar surface area (TPSA) is 64.9 Å². The summed E-state index contributed by atoms with van der Waals surface area (Å²) in [7, 11) is 0. The molecule has 0 unspecified atom stereocenters. The first kappa shape index (κ1) is 15.8. The van der Waals surface area contributed by atoms with Crippen molar-refractivity contribution in [3.63, 3.8) is 0 Å². The summed E-state index contributed by atoms with van der Waals surface area (Å²) in [5.41, 5.74) is 5.58. The maximum absolute atomic E-state index is 13.8. The highest BCUT2D eigenvalue weighted by molar-refractivity contribution is 5.82. The number of nitrogens with zero attached hydrogens (tertiary/aromatic N) is 2. The predicted molar refractivity (Wildman–Crippen MR) is 93.2 cm³/mol. The summed E-state index contributed by atoms with van der Waals surface area (Å²) in [6, 6.07) is 11.0. The highest BCUT2D eigenvalue weighted by atomic mass is 19.1. The summed E-state index contributed by atoms with van der Waals surface area (Å²) in [6.07, 6.45) is 4.50. The number of hydrogen-bond acceptors (Lipinski definition) is 2. The maximum Gasteiger partial charge on any atom is 0.132 e. The second-order valence-corrected chi connectivity index (χ2v) is 5.54. The van der Waals surface area contributed by atoms with E-state index < -0.39 is 0 Å². The predicted octanol–water partition coefficient (Wildman–Crippen LogP) is 4.01. The van der Waals surface area contributed by atoms with Gasteiger partial charge in [0.25, 0.3) is 0 Å². The molecule has 0 aliphatic rings. The third kappa shape index (κ3) is 3.01. The van der Waals surface area contributed by atoms with Gasteiger partial charge in [-0.2, -0.15) is 0 Å². The molecule has 0 aliphatic heterocycles. The molecule has 0 spiro atoms. The normalized spacial score (nSPS) is 11.5. The van der Waals surface area contributed by atoms with Crippen molar-refractivity contribution in [1.29, 1.82) is 5.41 Å². The van der Waals surface area contributed by atoms with E-state index in [0.717, 1.165) is 34.3 Å². The van der Waals surface area contributed by atoms with E-state index in [9.17, 15) is 4.39 Å². The lowest BCUT2D eigenvalue weighted by atomic mass is 9.95. The maximum atomic E-state index is 13.8.